The molecule has 0 heterocycles. The number of benzene rings is 1. The fourth-order valence-electron chi connectivity index (χ4n) is 0.972. The number of halogens is 4. The minimum absolute atomic E-state index is 0.0749. The van der Waals surface area contributed by atoms with Gasteiger partial charge in [0.05, 0.1) is 17.0 Å². The Morgan fingerprint density at radius 2 is 1.89 bits per heavy atom. The maximum Gasteiger partial charge on any atom is 0.416 e. The summed E-state index contributed by atoms with van der Waals surface area (Å²) in [6.07, 6.45) is -4.45. The molecule has 0 radical (unpaired) electrons. The SMILES string of the molecule is N/C(CCl)=N/OC(=O)c1ccc(C(F)(F)F)cc1. The van der Waals surface area contributed by atoms with E-state index in [0.29, 0.717) is 0 Å². The number of amidine groups is 1. The molecule has 1 aromatic rings. The standard InChI is InChI=1S/C10H8ClF3N2O2/c11-5-8(15)16-18-9(17)6-1-3-7(4-2-6)10(12,13)14/h1-4H,5H2,(H2,15,16). The molecule has 0 spiro atoms. The Morgan fingerprint density at radius 3 is 2.33 bits per heavy atom. The predicted molar refractivity (Wildman–Crippen MR) is 59.2 cm³/mol. The first-order valence-corrected chi connectivity index (χ1v) is 5.15. The van der Waals surface area contributed by atoms with Crippen molar-refractivity contribution >= 4 is 23.4 Å². The molecule has 0 aliphatic rings. The summed E-state index contributed by atoms with van der Waals surface area (Å²) in [5, 5.41) is 3.18. The number of carbonyl (C=O) groups excluding carboxylic acids is 1. The number of rotatable bonds is 3. The highest BCUT2D eigenvalue weighted by molar-refractivity contribution is 6.27. The van der Waals surface area contributed by atoms with Crippen molar-refractivity contribution in [1.29, 1.82) is 0 Å². The Hall–Kier alpha value is -1.76. The van der Waals surface area contributed by atoms with Crippen LogP contribution in [0.3, 0.4) is 0 Å². The van der Waals surface area contributed by atoms with Crippen LogP contribution in [-0.4, -0.2) is 17.7 Å². The van der Waals surface area contributed by atoms with E-state index in [4.69, 9.17) is 17.3 Å². The second-order valence-corrected chi connectivity index (χ2v) is 3.44. The summed E-state index contributed by atoms with van der Waals surface area (Å²) in [6.45, 7) is 0. The zero-order valence-corrected chi connectivity index (χ0v) is 9.63. The highest BCUT2D eigenvalue weighted by Crippen LogP contribution is 2.29. The molecule has 0 atom stereocenters. The van der Waals surface area contributed by atoms with Gasteiger partial charge in [0.15, 0.2) is 5.84 Å². The topological polar surface area (TPSA) is 64.7 Å². The van der Waals surface area contributed by atoms with Crippen LogP contribution in [-0.2, 0) is 11.0 Å². The summed E-state index contributed by atoms with van der Waals surface area (Å²) in [5.41, 5.74) is 4.24. The van der Waals surface area contributed by atoms with Crippen molar-refractivity contribution in [2.45, 2.75) is 6.18 Å². The van der Waals surface area contributed by atoms with E-state index in [9.17, 15) is 18.0 Å². The van der Waals surface area contributed by atoms with Crippen LogP contribution >= 0.6 is 11.6 Å². The second kappa shape index (κ2) is 5.72. The lowest BCUT2D eigenvalue weighted by Crippen LogP contribution is -2.15. The van der Waals surface area contributed by atoms with E-state index in [1.807, 2.05) is 0 Å². The van der Waals surface area contributed by atoms with Gasteiger partial charge in [-0.25, -0.2) is 4.79 Å². The Kier molecular flexibility index (Phi) is 4.55. The third-order valence-corrected chi connectivity index (χ3v) is 2.10. The first kappa shape index (κ1) is 14.3. The molecule has 8 heteroatoms. The molecule has 98 valence electrons. The van der Waals surface area contributed by atoms with Crippen molar-refractivity contribution in [3.63, 3.8) is 0 Å². The zero-order valence-electron chi connectivity index (χ0n) is 8.87. The lowest BCUT2D eigenvalue weighted by molar-refractivity contribution is -0.137. The molecular formula is C10H8ClF3N2O2. The molecule has 18 heavy (non-hydrogen) atoms. The van der Waals surface area contributed by atoms with Crippen LogP contribution in [0.1, 0.15) is 15.9 Å². The fourth-order valence-corrected chi connectivity index (χ4v) is 1.02. The van der Waals surface area contributed by atoms with Crippen LogP contribution in [0.5, 0.6) is 0 Å². The van der Waals surface area contributed by atoms with Crippen LogP contribution in [0.4, 0.5) is 13.2 Å². The summed E-state index contributed by atoms with van der Waals surface area (Å²) in [4.78, 5) is 15.7. The zero-order chi connectivity index (χ0) is 13.8. The Balaban J connectivity index is 2.77. The van der Waals surface area contributed by atoms with E-state index in [2.05, 4.69) is 9.99 Å². The minimum Gasteiger partial charge on any atom is -0.383 e. The van der Waals surface area contributed by atoms with Crippen LogP contribution in [0.25, 0.3) is 0 Å². The lowest BCUT2D eigenvalue weighted by atomic mass is 10.1. The van der Waals surface area contributed by atoms with Crippen LogP contribution in [0, 0.1) is 0 Å². The maximum absolute atomic E-state index is 12.3. The van der Waals surface area contributed by atoms with Gasteiger partial charge in [0, 0.05) is 0 Å². The van der Waals surface area contributed by atoms with Gasteiger partial charge in [0.2, 0.25) is 0 Å². The van der Waals surface area contributed by atoms with E-state index < -0.39 is 17.7 Å². The van der Waals surface area contributed by atoms with E-state index in [0.717, 1.165) is 24.3 Å². The fraction of sp³-hybridized carbons (Fsp3) is 0.200. The molecule has 0 unspecified atom stereocenters. The molecule has 0 amide bonds. The largest absolute Gasteiger partial charge is 0.416 e. The van der Waals surface area contributed by atoms with Gasteiger partial charge >= 0.3 is 12.1 Å². The number of carbonyl (C=O) groups is 1. The first-order valence-electron chi connectivity index (χ1n) is 4.61. The summed E-state index contributed by atoms with van der Waals surface area (Å²) in [6, 6.07) is 3.51. The Morgan fingerprint density at radius 1 is 1.33 bits per heavy atom. The van der Waals surface area contributed by atoms with Gasteiger partial charge < -0.3 is 10.6 Å². The number of hydrogen-bond donors (Lipinski definition) is 1. The molecule has 0 fully saturated rings. The van der Waals surface area contributed by atoms with Crippen LogP contribution in [0.15, 0.2) is 29.4 Å². The van der Waals surface area contributed by atoms with Gasteiger partial charge in [0.1, 0.15) is 0 Å². The number of nitrogens with two attached hydrogens (primary N) is 1. The van der Waals surface area contributed by atoms with Crippen molar-refractivity contribution in [2.75, 3.05) is 5.88 Å². The third kappa shape index (κ3) is 3.92. The van der Waals surface area contributed by atoms with Gasteiger partial charge in [0.25, 0.3) is 0 Å². The quantitative estimate of drug-likeness (QED) is 0.304. The van der Waals surface area contributed by atoms with Gasteiger partial charge in [-0.3, -0.25) is 0 Å². The average molecular weight is 281 g/mol. The lowest BCUT2D eigenvalue weighted by Gasteiger charge is -2.06. The average Bonchev–Trinajstić information content (AvgIpc) is 2.34. The van der Waals surface area contributed by atoms with Crippen molar-refractivity contribution in [3.8, 4) is 0 Å². The van der Waals surface area contributed by atoms with Crippen molar-refractivity contribution < 1.29 is 22.8 Å². The van der Waals surface area contributed by atoms with Gasteiger partial charge in [-0.05, 0) is 24.3 Å². The van der Waals surface area contributed by atoms with Gasteiger partial charge in [-0.1, -0.05) is 5.16 Å². The molecule has 0 aliphatic carbocycles. The molecule has 4 nitrogen and oxygen atoms in total. The van der Waals surface area contributed by atoms with Gasteiger partial charge in [-0.2, -0.15) is 13.2 Å². The van der Waals surface area contributed by atoms with Crippen molar-refractivity contribution in [2.24, 2.45) is 10.9 Å². The highest BCUT2D eigenvalue weighted by atomic mass is 35.5. The Labute approximate surface area is 105 Å². The molecule has 0 bridgehead atoms. The Bertz CT molecular complexity index is 457. The van der Waals surface area contributed by atoms with E-state index in [-0.39, 0.29) is 17.3 Å². The monoisotopic (exact) mass is 280 g/mol. The molecule has 0 saturated heterocycles. The molecule has 1 aromatic carbocycles. The maximum atomic E-state index is 12.3. The summed E-state index contributed by atoms with van der Waals surface area (Å²) in [5.74, 6) is -1.16. The van der Waals surface area contributed by atoms with E-state index in [1.54, 1.807) is 0 Å². The van der Waals surface area contributed by atoms with Crippen LogP contribution < -0.4 is 5.73 Å². The summed E-state index contributed by atoms with van der Waals surface area (Å²) >= 11 is 5.28. The predicted octanol–water partition coefficient (Wildman–Crippen LogP) is 2.37. The molecule has 2 N–H and O–H groups in total. The third-order valence-electron chi connectivity index (χ3n) is 1.83. The smallest absolute Gasteiger partial charge is 0.383 e. The molecule has 1 rings (SSSR count). The molecular weight excluding hydrogens is 273 g/mol. The highest BCUT2D eigenvalue weighted by Gasteiger charge is 2.30. The van der Waals surface area contributed by atoms with Gasteiger partial charge in [-0.15, -0.1) is 11.6 Å². The minimum atomic E-state index is -4.45. The second-order valence-electron chi connectivity index (χ2n) is 3.17. The van der Waals surface area contributed by atoms with Crippen molar-refractivity contribution in [1.82, 2.24) is 0 Å². The number of oxime groups is 1. The normalized spacial score (nSPS) is 12.3. The molecule has 0 aliphatic heterocycles. The van der Waals surface area contributed by atoms with E-state index in [1.165, 1.54) is 0 Å². The first-order chi connectivity index (χ1) is 8.34. The van der Waals surface area contributed by atoms with Crippen LogP contribution in [0.2, 0.25) is 0 Å². The molecule has 0 saturated carbocycles. The number of nitrogens with zero attached hydrogens (tertiary/aromatic N) is 1. The number of alkyl halides is 4. The van der Waals surface area contributed by atoms with Crippen molar-refractivity contribution in [3.05, 3.63) is 35.4 Å². The molecule has 0 aromatic heterocycles. The summed E-state index contributed by atoms with van der Waals surface area (Å²) in [7, 11) is 0. The number of hydrogen-bond acceptors (Lipinski definition) is 3. The summed E-state index contributed by atoms with van der Waals surface area (Å²) < 4.78 is 36.8. The van der Waals surface area contributed by atoms with E-state index >= 15 is 0 Å².